The Balaban J connectivity index is 3.00. The molecule has 0 bridgehead atoms. The molecule has 0 spiro atoms. The van der Waals surface area contributed by atoms with Crippen LogP contribution in [0.3, 0.4) is 0 Å². The molecular formula is C15H19NO4. The summed E-state index contributed by atoms with van der Waals surface area (Å²) in [6.45, 7) is 1.79. The van der Waals surface area contributed by atoms with Crippen molar-refractivity contribution in [3.8, 4) is 23.8 Å². The summed E-state index contributed by atoms with van der Waals surface area (Å²) in [5, 5.41) is 12.2. The van der Waals surface area contributed by atoms with Gasteiger partial charge in [-0.1, -0.05) is 12.0 Å². The summed E-state index contributed by atoms with van der Waals surface area (Å²) in [4.78, 5) is 11.4. The van der Waals surface area contributed by atoms with Crippen molar-refractivity contribution in [2.45, 2.75) is 18.9 Å². The van der Waals surface area contributed by atoms with E-state index in [1.807, 2.05) is 0 Å². The number of aliphatic carboxylic acids is 1. The third-order valence-electron chi connectivity index (χ3n) is 3.06. The molecule has 1 aromatic carbocycles. The van der Waals surface area contributed by atoms with Crippen LogP contribution in [0.5, 0.6) is 11.5 Å². The quantitative estimate of drug-likeness (QED) is 0.736. The molecule has 0 fully saturated rings. The normalized spacial score (nSPS) is 13.1. The molecule has 2 N–H and O–H groups in total. The van der Waals surface area contributed by atoms with Crippen molar-refractivity contribution in [3.05, 3.63) is 23.8 Å². The van der Waals surface area contributed by atoms with Crippen LogP contribution in [0, 0.1) is 12.3 Å². The average molecular weight is 277 g/mol. The molecule has 1 rings (SSSR count). The summed E-state index contributed by atoms with van der Waals surface area (Å²) < 4.78 is 10.4. The molecule has 0 saturated carbocycles. The van der Waals surface area contributed by atoms with E-state index < -0.39 is 11.5 Å². The second-order valence-corrected chi connectivity index (χ2v) is 4.56. The van der Waals surface area contributed by atoms with Crippen LogP contribution in [0.15, 0.2) is 18.2 Å². The van der Waals surface area contributed by atoms with Crippen molar-refractivity contribution in [2.24, 2.45) is 0 Å². The van der Waals surface area contributed by atoms with Gasteiger partial charge in [-0.3, -0.25) is 10.1 Å². The molecule has 0 aromatic heterocycles. The maximum atomic E-state index is 11.4. The second kappa shape index (κ2) is 6.83. The number of carboxylic acids is 1. The number of carbonyl (C=O) groups is 1. The molecule has 1 atom stereocenters. The summed E-state index contributed by atoms with van der Waals surface area (Å²) in [5.41, 5.74) is -0.316. The first-order chi connectivity index (χ1) is 9.46. The third kappa shape index (κ3) is 3.65. The number of terminal acetylenes is 1. The summed E-state index contributed by atoms with van der Waals surface area (Å²) >= 11 is 0. The van der Waals surface area contributed by atoms with E-state index in [9.17, 15) is 9.90 Å². The SMILES string of the molecule is C#CCNC(C)(Cc1ccc(OC)c(OC)c1)C(=O)O. The average Bonchev–Trinajstić information content (AvgIpc) is 2.44. The van der Waals surface area contributed by atoms with Crippen LogP contribution >= 0.6 is 0 Å². The standard InChI is InChI=1S/C15H19NO4/c1-5-8-16-15(2,14(17)18)10-11-6-7-12(19-3)13(9-11)20-4/h1,6-7,9,16H,8,10H2,2-4H3,(H,17,18). The van der Waals surface area contributed by atoms with Crippen molar-refractivity contribution in [1.29, 1.82) is 0 Å². The molecule has 108 valence electrons. The Morgan fingerprint density at radius 2 is 2.05 bits per heavy atom. The monoisotopic (exact) mass is 277 g/mol. The number of hydrogen-bond acceptors (Lipinski definition) is 4. The van der Waals surface area contributed by atoms with Crippen LogP contribution < -0.4 is 14.8 Å². The highest BCUT2D eigenvalue weighted by molar-refractivity contribution is 5.78. The second-order valence-electron chi connectivity index (χ2n) is 4.56. The topological polar surface area (TPSA) is 67.8 Å². The van der Waals surface area contributed by atoms with Crippen molar-refractivity contribution in [3.63, 3.8) is 0 Å². The molecule has 0 radical (unpaired) electrons. The van der Waals surface area contributed by atoms with Gasteiger partial charge in [0, 0.05) is 6.42 Å². The lowest BCUT2D eigenvalue weighted by Gasteiger charge is -2.25. The lowest BCUT2D eigenvalue weighted by molar-refractivity contribution is -0.144. The van der Waals surface area contributed by atoms with Crippen LogP contribution in [-0.2, 0) is 11.2 Å². The highest BCUT2D eigenvalue weighted by Gasteiger charge is 2.32. The van der Waals surface area contributed by atoms with Crippen LogP contribution in [0.2, 0.25) is 0 Å². The fraction of sp³-hybridized carbons (Fsp3) is 0.400. The predicted molar refractivity (Wildman–Crippen MR) is 76.1 cm³/mol. The van der Waals surface area contributed by atoms with Crippen molar-refractivity contribution in [1.82, 2.24) is 5.32 Å². The van der Waals surface area contributed by atoms with E-state index in [4.69, 9.17) is 15.9 Å². The largest absolute Gasteiger partial charge is 0.493 e. The van der Waals surface area contributed by atoms with Gasteiger partial charge in [-0.05, 0) is 24.6 Å². The highest BCUT2D eigenvalue weighted by Crippen LogP contribution is 2.29. The van der Waals surface area contributed by atoms with Gasteiger partial charge >= 0.3 is 5.97 Å². The van der Waals surface area contributed by atoms with Crippen LogP contribution in [0.4, 0.5) is 0 Å². The minimum atomic E-state index is -1.13. The highest BCUT2D eigenvalue weighted by atomic mass is 16.5. The Kier molecular flexibility index (Phi) is 5.42. The van der Waals surface area contributed by atoms with Crippen molar-refractivity contribution >= 4 is 5.97 Å². The molecule has 5 nitrogen and oxygen atoms in total. The van der Waals surface area contributed by atoms with Gasteiger partial charge in [0.2, 0.25) is 0 Å². The zero-order valence-electron chi connectivity index (χ0n) is 11.9. The fourth-order valence-electron chi connectivity index (χ4n) is 1.86. The lowest BCUT2D eigenvalue weighted by Crippen LogP contribution is -2.51. The van der Waals surface area contributed by atoms with E-state index in [0.29, 0.717) is 11.5 Å². The molecule has 5 heteroatoms. The van der Waals surface area contributed by atoms with Gasteiger partial charge in [0.1, 0.15) is 5.54 Å². The minimum absolute atomic E-state index is 0.191. The van der Waals surface area contributed by atoms with Gasteiger partial charge in [0.05, 0.1) is 20.8 Å². The zero-order chi connectivity index (χ0) is 15.2. The van der Waals surface area contributed by atoms with E-state index in [0.717, 1.165) is 5.56 Å². The van der Waals surface area contributed by atoms with E-state index in [1.54, 1.807) is 32.2 Å². The number of rotatable bonds is 7. The lowest BCUT2D eigenvalue weighted by atomic mass is 9.92. The predicted octanol–water partition coefficient (Wildman–Crippen LogP) is 1.31. The van der Waals surface area contributed by atoms with E-state index in [-0.39, 0.29) is 13.0 Å². The molecule has 20 heavy (non-hydrogen) atoms. The summed E-state index contributed by atoms with van der Waals surface area (Å²) in [6, 6.07) is 5.31. The summed E-state index contributed by atoms with van der Waals surface area (Å²) in [7, 11) is 3.09. The van der Waals surface area contributed by atoms with Gasteiger partial charge < -0.3 is 14.6 Å². The Morgan fingerprint density at radius 1 is 1.40 bits per heavy atom. The van der Waals surface area contributed by atoms with Crippen molar-refractivity contribution < 1.29 is 19.4 Å². The molecule has 0 saturated heterocycles. The third-order valence-corrected chi connectivity index (χ3v) is 3.06. The molecule has 0 aliphatic rings. The summed E-state index contributed by atoms with van der Waals surface area (Å²) in [5.74, 6) is 2.60. The molecule has 0 amide bonds. The van der Waals surface area contributed by atoms with Crippen LogP contribution in [-0.4, -0.2) is 37.4 Å². The van der Waals surface area contributed by atoms with Crippen LogP contribution in [0.1, 0.15) is 12.5 Å². The number of hydrogen-bond donors (Lipinski definition) is 2. The maximum Gasteiger partial charge on any atom is 0.323 e. The zero-order valence-corrected chi connectivity index (χ0v) is 11.9. The van der Waals surface area contributed by atoms with Crippen molar-refractivity contribution in [2.75, 3.05) is 20.8 Å². The molecule has 0 aliphatic carbocycles. The molecule has 1 unspecified atom stereocenters. The van der Waals surface area contributed by atoms with Gasteiger partial charge in [-0.15, -0.1) is 6.42 Å². The Labute approximate surface area is 118 Å². The molecular weight excluding hydrogens is 258 g/mol. The molecule has 0 heterocycles. The van der Waals surface area contributed by atoms with E-state index >= 15 is 0 Å². The number of carboxylic acid groups (broad SMARTS) is 1. The Hall–Kier alpha value is -2.19. The Morgan fingerprint density at radius 3 is 2.55 bits per heavy atom. The maximum absolute atomic E-state index is 11.4. The fourth-order valence-corrected chi connectivity index (χ4v) is 1.86. The van der Waals surface area contributed by atoms with E-state index in [1.165, 1.54) is 7.11 Å². The molecule has 1 aromatic rings. The number of nitrogens with one attached hydrogen (secondary N) is 1. The Bertz CT molecular complexity index is 521. The van der Waals surface area contributed by atoms with E-state index in [2.05, 4.69) is 11.2 Å². The van der Waals surface area contributed by atoms with Gasteiger partial charge in [-0.25, -0.2) is 0 Å². The first kappa shape index (κ1) is 15.9. The number of methoxy groups -OCH3 is 2. The van der Waals surface area contributed by atoms with Crippen LogP contribution in [0.25, 0.3) is 0 Å². The number of ether oxygens (including phenoxy) is 2. The smallest absolute Gasteiger partial charge is 0.323 e. The summed E-state index contributed by atoms with van der Waals surface area (Å²) in [6.07, 6.45) is 5.45. The first-order valence-electron chi connectivity index (χ1n) is 6.09. The van der Waals surface area contributed by atoms with Gasteiger partial charge in [-0.2, -0.15) is 0 Å². The van der Waals surface area contributed by atoms with Gasteiger partial charge in [0.25, 0.3) is 0 Å². The molecule has 0 aliphatic heterocycles. The first-order valence-corrected chi connectivity index (χ1v) is 6.09. The van der Waals surface area contributed by atoms with Gasteiger partial charge in [0.15, 0.2) is 11.5 Å². The number of benzene rings is 1. The minimum Gasteiger partial charge on any atom is -0.493 e.